The molecular formula is C3H10NNaSi2+. The number of nitrogens with one attached hydrogen (secondary N) is 1. The first-order valence-corrected chi connectivity index (χ1v) is 6.00. The van der Waals surface area contributed by atoms with Gasteiger partial charge in [0.25, 0.3) is 0 Å². The van der Waals surface area contributed by atoms with Crippen molar-refractivity contribution in [3.8, 4) is 0 Å². The summed E-state index contributed by atoms with van der Waals surface area (Å²) in [7, 11) is 2.26. The summed E-state index contributed by atoms with van der Waals surface area (Å²) in [6, 6.07) is 0. The zero-order chi connectivity index (χ0) is 5.21. The molecule has 0 aliphatic carbocycles. The average molecular weight is 139 g/mol. The quantitative estimate of drug-likeness (QED) is 0.396. The zero-order valence-corrected chi connectivity index (χ0v) is 9.50. The van der Waals surface area contributed by atoms with E-state index in [4.69, 9.17) is 0 Å². The van der Waals surface area contributed by atoms with E-state index >= 15 is 0 Å². The van der Waals surface area contributed by atoms with Crippen molar-refractivity contribution in [1.29, 1.82) is 0 Å². The number of hydrogen-bond donors (Lipinski definition) is 1. The molecule has 0 amide bonds. The molecule has 0 fully saturated rings. The van der Waals surface area contributed by atoms with E-state index in [1.165, 1.54) is 0 Å². The molecule has 0 aromatic heterocycles. The zero-order valence-electron chi connectivity index (χ0n) is 5.50. The van der Waals surface area contributed by atoms with Gasteiger partial charge in [0.2, 0.25) is 0 Å². The Kier molecular flexibility index (Phi) is 6.88. The van der Waals surface area contributed by atoms with Crippen molar-refractivity contribution in [2.75, 3.05) is 0 Å². The largest absolute Gasteiger partial charge is 1.00 e. The molecule has 0 bridgehead atoms. The maximum atomic E-state index is 3.22. The predicted molar refractivity (Wildman–Crippen MR) is 32.2 cm³/mol. The van der Waals surface area contributed by atoms with Crippen LogP contribution in [0.3, 0.4) is 0 Å². The minimum atomic E-state index is -0.968. The van der Waals surface area contributed by atoms with Crippen LogP contribution >= 0.6 is 0 Å². The van der Waals surface area contributed by atoms with Crippen molar-refractivity contribution < 1.29 is 29.6 Å². The van der Waals surface area contributed by atoms with E-state index in [1.807, 2.05) is 0 Å². The molecule has 35 valence electrons. The van der Waals surface area contributed by atoms with Gasteiger partial charge in [-0.3, -0.25) is 0 Å². The molecule has 0 aromatic carbocycles. The van der Waals surface area contributed by atoms with Crippen molar-refractivity contribution in [3.63, 3.8) is 0 Å². The molecule has 0 rings (SSSR count). The van der Waals surface area contributed by atoms with Crippen molar-refractivity contribution in [2.24, 2.45) is 0 Å². The van der Waals surface area contributed by atoms with E-state index in [2.05, 4.69) is 34.7 Å². The van der Waals surface area contributed by atoms with Crippen LogP contribution in [0.4, 0.5) is 0 Å². The normalized spacial score (nSPS) is 10.3. The summed E-state index contributed by atoms with van der Waals surface area (Å²) in [5.41, 5.74) is 0. The van der Waals surface area contributed by atoms with Gasteiger partial charge in [0.05, 0.1) is 0 Å². The smallest absolute Gasteiger partial charge is 0.363 e. The van der Waals surface area contributed by atoms with Crippen LogP contribution in [0.2, 0.25) is 19.6 Å². The van der Waals surface area contributed by atoms with E-state index in [0.29, 0.717) is 0 Å². The Bertz CT molecular complexity index is 42.7. The van der Waals surface area contributed by atoms with Crippen LogP contribution in [0, 0.1) is 0 Å². The van der Waals surface area contributed by atoms with Gasteiger partial charge in [0, 0.05) is 0 Å². The predicted octanol–water partition coefficient (Wildman–Crippen LogP) is -2.50. The fourth-order valence-corrected chi connectivity index (χ4v) is 0. The van der Waals surface area contributed by atoms with Gasteiger partial charge in [-0.05, 0) is 0 Å². The first-order chi connectivity index (χ1) is 2.56. The third-order valence-corrected chi connectivity index (χ3v) is 3.38. The Morgan fingerprint density at radius 1 is 1.29 bits per heavy atom. The van der Waals surface area contributed by atoms with Gasteiger partial charge < -0.3 is 4.65 Å². The van der Waals surface area contributed by atoms with Gasteiger partial charge in [-0.2, -0.15) is 0 Å². The van der Waals surface area contributed by atoms with E-state index in [0.717, 1.165) is 0 Å². The summed E-state index contributed by atoms with van der Waals surface area (Å²) in [6.07, 6.45) is 0. The standard InChI is InChI=1S/C3H10NSi2.Na/c1-6(2,3)4-5;/h4H,1-3H3;/q;+1. The van der Waals surface area contributed by atoms with Gasteiger partial charge in [0.15, 0.2) is 0 Å². The van der Waals surface area contributed by atoms with Gasteiger partial charge in [0.1, 0.15) is 18.6 Å². The molecule has 0 saturated heterocycles. The summed E-state index contributed by atoms with van der Waals surface area (Å²) in [5, 5.41) is 0. The Morgan fingerprint density at radius 2 is 1.43 bits per heavy atom. The molecule has 0 aromatic rings. The van der Waals surface area contributed by atoms with Crippen LogP contribution in [0.1, 0.15) is 0 Å². The van der Waals surface area contributed by atoms with Gasteiger partial charge in [-0.15, -0.1) is 0 Å². The van der Waals surface area contributed by atoms with Crippen molar-refractivity contribution in [3.05, 3.63) is 0 Å². The molecule has 1 N–H and O–H groups in total. The van der Waals surface area contributed by atoms with E-state index in [1.54, 1.807) is 0 Å². The van der Waals surface area contributed by atoms with Crippen LogP contribution in [0.25, 0.3) is 0 Å². The maximum Gasteiger partial charge on any atom is 1.00 e. The van der Waals surface area contributed by atoms with Crippen LogP contribution in [0.15, 0.2) is 0 Å². The van der Waals surface area contributed by atoms with E-state index < -0.39 is 8.24 Å². The second kappa shape index (κ2) is 4.29. The summed E-state index contributed by atoms with van der Waals surface area (Å²) in [4.78, 5) is 0. The number of hydrogen-bond acceptors (Lipinski definition) is 1. The molecule has 0 aliphatic heterocycles. The van der Waals surface area contributed by atoms with Gasteiger partial charge in [-0.1, -0.05) is 19.6 Å². The molecule has 7 heavy (non-hydrogen) atoms. The van der Waals surface area contributed by atoms with E-state index in [-0.39, 0.29) is 29.6 Å². The first kappa shape index (κ1) is 11.2. The minimum absolute atomic E-state index is 0. The molecule has 0 heterocycles. The molecule has 0 saturated carbocycles. The summed E-state index contributed by atoms with van der Waals surface area (Å²) in [5.74, 6) is 0. The SMILES string of the molecule is C[Si](C)(C)N[Si].[Na+]. The van der Waals surface area contributed by atoms with Crippen LogP contribution < -0.4 is 34.2 Å². The minimum Gasteiger partial charge on any atom is -0.363 e. The average Bonchev–Trinajstić information content (AvgIpc) is 1.35. The second-order valence-corrected chi connectivity index (χ2v) is 7.88. The van der Waals surface area contributed by atoms with Crippen molar-refractivity contribution >= 4 is 18.6 Å². The first-order valence-electron chi connectivity index (χ1n) is 2.00. The third-order valence-electron chi connectivity index (χ3n) is 0.375. The maximum absolute atomic E-state index is 3.22. The Morgan fingerprint density at radius 3 is 1.43 bits per heavy atom. The fourth-order valence-electron chi connectivity index (χ4n) is 0. The Labute approximate surface area is 72.1 Å². The third kappa shape index (κ3) is 11.1. The molecule has 4 heteroatoms. The van der Waals surface area contributed by atoms with E-state index in [9.17, 15) is 0 Å². The topological polar surface area (TPSA) is 12.0 Å². The summed E-state index contributed by atoms with van der Waals surface area (Å²) >= 11 is 0. The summed E-state index contributed by atoms with van der Waals surface area (Å²) < 4.78 is 3.05. The van der Waals surface area contributed by atoms with Crippen LogP contribution in [0.5, 0.6) is 0 Å². The van der Waals surface area contributed by atoms with Gasteiger partial charge in [-0.25, -0.2) is 0 Å². The molecule has 3 radical (unpaired) electrons. The second-order valence-electron chi connectivity index (χ2n) is 2.38. The van der Waals surface area contributed by atoms with Crippen LogP contribution in [-0.2, 0) is 0 Å². The molecule has 1 nitrogen and oxygen atoms in total. The molecule has 0 atom stereocenters. The fraction of sp³-hybridized carbons (Fsp3) is 1.00. The molecule has 0 aliphatic rings. The Balaban J connectivity index is 0. The monoisotopic (exact) mass is 139 g/mol. The number of rotatable bonds is 1. The Hall–Kier alpha value is 1.39. The van der Waals surface area contributed by atoms with Crippen molar-refractivity contribution in [2.45, 2.75) is 19.6 Å². The van der Waals surface area contributed by atoms with Crippen LogP contribution in [-0.4, -0.2) is 18.6 Å². The van der Waals surface area contributed by atoms with Gasteiger partial charge >= 0.3 is 29.6 Å². The van der Waals surface area contributed by atoms with Crippen molar-refractivity contribution in [1.82, 2.24) is 4.65 Å². The molecule has 0 spiro atoms. The molecular weight excluding hydrogens is 129 g/mol. The molecule has 0 unspecified atom stereocenters. The summed E-state index contributed by atoms with van der Waals surface area (Å²) in [6.45, 7) is 6.67.